The zero-order chi connectivity index (χ0) is 14.5. The summed E-state index contributed by atoms with van der Waals surface area (Å²) in [7, 11) is 1.69. The lowest BCUT2D eigenvalue weighted by Crippen LogP contribution is -2.30. The van der Waals surface area contributed by atoms with E-state index >= 15 is 0 Å². The molecule has 1 heterocycles. The van der Waals surface area contributed by atoms with Crippen LogP contribution in [0.2, 0.25) is 0 Å². The van der Waals surface area contributed by atoms with Gasteiger partial charge in [-0.25, -0.2) is 4.79 Å². The van der Waals surface area contributed by atoms with Crippen LogP contribution in [0.1, 0.15) is 11.3 Å². The van der Waals surface area contributed by atoms with Crippen LogP contribution in [0.5, 0.6) is 0 Å². The van der Waals surface area contributed by atoms with Crippen LogP contribution in [0.3, 0.4) is 0 Å². The standard InChI is InChI=1S/C15H13BrN2O2/c1-3-11-5-4-6-12(9-11)17-15(19)18(2)10-13-7-8-14(16)20-13/h1,4-9H,10H2,2H3,(H,17,19). The van der Waals surface area contributed by atoms with Gasteiger partial charge in [0.15, 0.2) is 4.67 Å². The second kappa shape index (κ2) is 6.31. The summed E-state index contributed by atoms with van der Waals surface area (Å²) in [6.45, 7) is 0.381. The highest BCUT2D eigenvalue weighted by molar-refractivity contribution is 9.10. The maximum atomic E-state index is 12.0. The van der Waals surface area contributed by atoms with Crippen LogP contribution >= 0.6 is 15.9 Å². The zero-order valence-electron chi connectivity index (χ0n) is 10.9. The molecule has 0 spiro atoms. The fraction of sp³-hybridized carbons (Fsp3) is 0.133. The second-order valence-corrected chi connectivity index (χ2v) is 5.00. The number of terminal acetylenes is 1. The Morgan fingerprint density at radius 1 is 1.45 bits per heavy atom. The van der Waals surface area contributed by atoms with Crippen LogP contribution in [0.25, 0.3) is 0 Å². The average Bonchev–Trinajstić information content (AvgIpc) is 2.84. The number of rotatable bonds is 3. The van der Waals surface area contributed by atoms with E-state index in [1.165, 1.54) is 4.90 Å². The van der Waals surface area contributed by atoms with E-state index in [4.69, 9.17) is 10.8 Å². The molecule has 1 N–H and O–H groups in total. The highest BCUT2D eigenvalue weighted by Gasteiger charge is 2.11. The molecule has 5 heteroatoms. The van der Waals surface area contributed by atoms with E-state index in [2.05, 4.69) is 27.2 Å². The number of benzene rings is 1. The minimum Gasteiger partial charge on any atom is -0.452 e. The molecule has 2 amide bonds. The smallest absolute Gasteiger partial charge is 0.321 e. The number of carbonyl (C=O) groups excluding carboxylic acids is 1. The minimum absolute atomic E-state index is 0.230. The van der Waals surface area contributed by atoms with Crippen LogP contribution in [0.15, 0.2) is 45.5 Å². The van der Waals surface area contributed by atoms with Gasteiger partial charge in [-0.1, -0.05) is 12.0 Å². The first kappa shape index (κ1) is 14.2. The summed E-state index contributed by atoms with van der Waals surface area (Å²) in [6, 6.07) is 10.5. The van der Waals surface area contributed by atoms with Crippen molar-refractivity contribution in [3.05, 3.63) is 52.4 Å². The molecule has 0 radical (unpaired) electrons. The number of carbonyl (C=O) groups is 1. The molecule has 0 aliphatic rings. The molecule has 0 atom stereocenters. The van der Waals surface area contributed by atoms with Gasteiger partial charge in [-0.3, -0.25) is 0 Å². The molecule has 102 valence electrons. The number of nitrogens with one attached hydrogen (secondary N) is 1. The van der Waals surface area contributed by atoms with E-state index in [9.17, 15) is 4.79 Å². The monoisotopic (exact) mass is 332 g/mol. The first-order valence-electron chi connectivity index (χ1n) is 5.91. The number of hydrogen-bond donors (Lipinski definition) is 1. The lowest BCUT2D eigenvalue weighted by Gasteiger charge is -2.16. The summed E-state index contributed by atoms with van der Waals surface area (Å²) in [5.74, 6) is 3.23. The quantitative estimate of drug-likeness (QED) is 0.871. The Balaban J connectivity index is 1.98. The number of anilines is 1. The first-order valence-corrected chi connectivity index (χ1v) is 6.71. The molecule has 0 aliphatic carbocycles. The van der Waals surface area contributed by atoms with Crippen molar-refractivity contribution in [2.24, 2.45) is 0 Å². The second-order valence-electron chi connectivity index (χ2n) is 4.22. The maximum absolute atomic E-state index is 12.0. The van der Waals surface area contributed by atoms with Gasteiger partial charge in [0.2, 0.25) is 0 Å². The summed E-state index contributed by atoms with van der Waals surface area (Å²) in [5.41, 5.74) is 1.39. The van der Waals surface area contributed by atoms with Gasteiger partial charge in [-0.2, -0.15) is 0 Å². The molecule has 20 heavy (non-hydrogen) atoms. The Morgan fingerprint density at radius 3 is 2.90 bits per heavy atom. The number of nitrogens with zero attached hydrogens (tertiary/aromatic N) is 1. The Labute approximate surface area is 125 Å². The Hall–Kier alpha value is -2.19. The van der Waals surface area contributed by atoms with Gasteiger partial charge in [0, 0.05) is 18.3 Å². The first-order chi connectivity index (χ1) is 9.58. The Morgan fingerprint density at radius 2 is 2.25 bits per heavy atom. The predicted molar refractivity (Wildman–Crippen MR) is 81.3 cm³/mol. The maximum Gasteiger partial charge on any atom is 0.321 e. The van der Waals surface area contributed by atoms with Gasteiger partial charge in [-0.15, -0.1) is 6.42 Å². The lowest BCUT2D eigenvalue weighted by molar-refractivity contribution is 0.216. The van der Waals surface area contributed by atoms with Gasteiger partial charge in [0.25, 0.3) is 0 Å². The van der Waals surface area contributed by atoms with Crippen molar-refractivity contribution in [1.29, 1.82) is 0 Å². The largest absolute Gasteiger partial charge is 0.452 e. The Bertz CT molecular complexity index is 658. The van der Waals surface area contributed by atoms with Crippen molar-refractivity contribution in [2.75, 3.05) is 12.4 Å². The van der Waals surface area contributed by atoms with Crippen molar-refractivity contribution in [1.82, 2.24) is 4.90 Å². The molecule has 0 bridgehead atoms. The van der Waals surface area contributed by atoms with E-state index in [1.807, 2.05) is 6.07 Å². The van der Waals surface area contributed by atoms with Crippen LogP contribution < -0.4 is 5.32 Å². The molecule has 4 nitrogen and oxygen atoms in total. The van der Waals surface area contributed by atoms with E-state index in [-0.39, 0.29) is 6.03 Å². The number of urea groups is 1. The molecule has 1 aromatic carbocycles. The molecule has 0 fully saturated rings. The van der Waals surface area contributed by atoms with E-state index in [0.717, 1.165) is 5.56 Å². The topological polar surface area (TPSA) is 45.5 Å². The summed E-state index contributed by atoms with van der Waals surface area (Å²) in [6.07, 6.45) is 5.32. The van der Waals surface area contributed by atoms with Crippen molar-refractivity contribution in [2.45, 2.75) is 6.54 Å². The summed E-state index contributed by atoms with van der Waals surface area (Å²) in [4.78, 5) is 13.6. The molecule has 0 aliphatic heterocycles. The molecular formula is C15H13BrN2O2. The van der Waals surface area contributed by atoms with Crippen LogP contribution in [-0.4, -0.2) is 18.0 Å². The van der Waals surface area contributed by atoms with Crippen LogP contribution in [0.4, 0.5) is 10.5 Å². The SMILES string of the molecule is C#Cc1cccc(NC(=O)N(C)Cc2ccc(Br)o2)c1. The fourth-order valence-electron chi connectivity index (χ4n) is 1.65. The molecule has 2 aromatic rings. The van der Waals surface area contributed by atoms with E-state index in [0.29, 0.717) is 22.7 Å². The van der Waals surface area contributed by atoms with Gasteiger partial charge < -0.3 is 14.6 Å². The van der Waals surface area contributed by atoms with Gasteiger partial charge in [0.05, 0.1) is 6.54 Å². The van der Waals surface area contributed by atoms with Gasteiger partial charge in [0.1, 0.15) is 5.76 Å². The van der Waals surface area contributed by atoms with Gasteiger partial charge in [-0.05, 0) is 46.3 Å². The highest BCUT2D eigenvalue weighted by Crippen LogP contribution is 2.16. The third-order valence-electron chi connectivity index (χ3n) is 2.65. The third kappa shape index (κ3) is 3.65. The lowest BCUT2D eigenvalue weighted by atomic mass is 10.2. The molecule has 1 aromatic heterocycles. The summed E-state index contributed by atoms with van der Waals surface area (Å²) >= 11 is 3.22. The van der Waals surface area contributed by atoms with Crippen molar-refractivity contribution < 1.29 is 9.21 Å². The fourth-order valence-corrected chi connectivity index (χ4v) is 1.99. The number of hydrogen-bond acceptors (Lipinski definition) is 2. The molecule has 0 saturated carbocycles. The Kier molecular flexibility index (Phi) is 4.49. The molecule has 0 saturated heterocycles. The van der Waals surface area contributed by atoms with Crippen molar-refractivity contribution in [3.63, 3.8) is 0 Å². The minimum atomic E-state index is -0.230. The van der Waals surface area contributed by atoms with Crippen LogP contribution in [0, 0.1) is 12.3 Å². The van der Waals surface area contributed by atoms with E-state index in [1.54, 1.807) is 37.4 Å². The van der Waals surface area contributed by atoms with E-state index < -0.39 is 0 Å². The highest BCUT2D eigenvalue weighted by atomic mass is 79.9. The number of halogens is 1. The zero-order valence-corrected chi connectivity index (χ0v) is 12.5. The van der Waals surface area contributed by atoms with Crippen molar-refractivity contribution in [3.8, 4) is 12.3 Å². The predicted octanol–water partition coefficient (Wildman–Crippen LogP) is 3.69. The summed E-state index contributed by atoms with van der Waals surface area (Å²) in [5, 5.41) is 2.78. The van der Waals surface area contributed by atoms with Gasteiger partial charge >= 0.3 is 6.03 Å². The van der Waals surface area contributed by atoms with Crippen LogP contribution in [-0.2, 0) is 6.54 Å². The molecular weight excluding hydrogens is 320 g/mol. The normalized spacial score (nSPS) is 9.85. The third-order valence-corrected chi connectivity index (χ3v) is 3.08. The molecule has 0 unspecified atom stereocenters. The number of amides is 2. The molecule has 2 rings (SSSR count). The average molecular weight is 333 g/mol. The van der Waals surface area contributed by atoms with Crippen molar-refractivity contribution >= 4 is 27.6 Å². The summed E-state index contributed by atoms with van der Waals surface area (Å²) < 4.78 is 6.00. The number of furan rings is 1.